The summed E-state index contributed by atoms with van der Waals surface area (Å²) in [7, 11) is 0. The number of nitrogens with zero attached hydrogens (tertiary/aromatic N) is 1. The zero-order valence-corrected chi connectivity index (χ0v) is 11.8. The number of urea groups is 1. The van der Waals surface area contributed by atoms with Gasteiger partial charge in [-0.2, -0.15) is 0 Å². The molecule has 21 heavy (non-hydrogen) atoms. The van der Waals surface area contributed by atoms with Gasteiger partial charge in [-0.25, -0.2) is 13.6 Å². The van der Waals surface area contributed by atoms with Gasteiger partial charge in [0.05, 0.1) is 0 Å². The van der Waals surface area contributed by atoms with Crippen molar-refractivity contribution in [3.8, 4) is 0 Å². The molecule has 3 rings (SSSR count). The van der Waals surface area contributed by atoms with Gasteiger partial charge in [-0.3, -0.25) is 9.69 Å². The molecule has 0 aromatic heterocycles. The quantitative estimate of drug-likeness (QED) is 0.870. The lowest BCUT2D eigenvalue weighted by molar-refractivity contribution is -0.128. The van der Waals surface area contributed by atoms with Crippen LogP contribution in [0.1, 0.15) is 31.7 Å². The fraction of sp³-hybridized carbons (Fsp3) is 0.467. The summed E-state index contributed by atoms with van der Waals surface area (Å²) in [6, 6.07) is 2.13. The van der Waals surface area contributed by atoms with E-state index < -0.39 is 23.7 Å². The van der Waals surface area contributed by atoms with Gasteiger partial charge in [-0.05, 0) is 24.0 Å². The van der Waals surface area contributed by atoms with Crippen LogP contribution in [0.3, 0.4) is 0 Å². The second-order valence-electron chi connectivity index (χ2n) is 5.95. The average molecular weight is 294 g/mol. The Bertz CT molecular complexity index is 618. The van der Waals surface area contributed by atoms with Gasteiger partial charge in [0.25, 0.3) is 5.91 Å². The number of nitrogens with one attached hydrogen (secondary N) is 1. The molecule has 0 bridgehead atoms. The number of hydrogen-bond donors (Lipinski definition) is 1. The molecule has 6 heteroatoms. The highest BCUT2D eigenvalue weighted by Gasteiger charge is 2.53. The predicted octanol–water partition coefficient (Wildman–Crippen LogP) is 2.40. The van der Waals surface area contributed by atoms with Crippen molar-refractivity contribution in [3.05, 3.63) is 35.4 Å². The van der Waals surface area contributed by atoms with Gasteiger partial charge in [-0.1, -0.05) is 19.9 Å². The summed E-state index contributed by atoms with van der Waals surface area (Å²) in [4.78, 5) is 25.4. The molecule has 2 aliphatic rings. The predicted molar refractivity (Wildman–Crippen MR) is 71.5 cm³/mol. The Morgan fingerprint density at radius 3 is 2.57 bits per heavy atom. The minimum atomic E-state index is -0.636. The Labute approximate surface area is 121 Å². The summed E-state index contributed by atoms with van der Waals surface area (Å²) < 4.78 is 26.7. The van der Waals surface area contributed by atoms with Crippen molar-refractivity contribution in [3.63, 3.8) is 0 Å². The van der Waals surface area contributed by atoms with E-state index in [9.17, 15) is 18.4 Å². The van der Waals surface area contributed by atoms with Crippen LogP contribution in [0.5, 0.6) is 0 Å². The Morgan fingerprint density at radius 1 is 1.29 bits per heavy atom. The Kier molecular flexibility index (Phi) is 3.19. The minimum absolute atomic E-state index is 0.00575. The fourth-order valence-corrected chi connectivity index (χ4v) is 2.88. The average Bonchev–Trinajstić information content (AvgIpc) is 3.09. The smallest absolute Gasteiger partial charge is 0.325 e. The molecule has 112 valence electrons. The van der Waals surface area contributed by atoms with Gasteiger partial charge in [0.1, 0.15) is 17.7 Å². The van der Waals surface area contributed by atoms with Crippen molar-refractivity contribution in [1.82, 2.24) is 10.2 Å². The Balaban J connectivity index is 1.79. The second-order valence-corrected chi connectivity index (χ2v) is 5.95. The van der Waals surface area contributed by atoms with Gasteiger partial charge < -0.3 is 5.32 Å². The van der Waals surface area contributed by atoms with E-state index in [1.165, 1.54) is 17.0 Å². The van der Waals surface area contributed by atoms with Crippen LogP contribution in [0.2, 0.25) is 0 Å². The van der Waals surface area contributed by atoms with Crippen molar-refractivity contribution in [2.45, 2.75) is 38.3 Å². The highest BCUT2D eigenvalue weighted by Crippen LogP contribution is 2.46. The van der Waals surface area contributed by atoms with E-state index >= 15 is 0 Å². The zero-order chi connectivity index (χ0) is 15.3. The largest absolute Gasteiger partial charge is 0.326 e. The maximum absolute atomic E-state index is 13.8. The summed E-state index contributed by atoms with van der Waals surface area (Å²) in [5, 5.41) is 2.65. The maximum atomic E-state index is 13.8. The molecule has 1 saturated heterocycles. The summed E-state index contributed by atoms with van der Waals surface area (Å²) in [6.07, 6.45) is 0.520. The summed E-state index contributed by atoms with van der Waals surface area (Å²) >= 11 is 0. The first kappa shape index (κ1) is 14.0. The molecule has 1 N–H and O–H groups in total. The number of amides is 3. The first-order valence-electron chi connectivity index (χ1n) is 6.98. The van der Waals surface area contributed by atoms with Crippen LogP contribution in [0.15, 0.2) is 18.2 Å². The molecular weight excluding hydrogens is 278 g/mol. The van der Waals surface area contributed by atoms with Crippen LogP contribution in [0.25, 0.3) is 0 Å². The van der Waals surface area contributed by atoms with Gasteiger partial charge in [0.15, 0.2) is 0 Å². The highest BCUT2D eigenvalue weighted by atomic mass is 19.1. The van der Waals surface area contributed by atoms with Crippen molar-refractivity contribution in [2.75, 3.05) is 0 Å². The number of carbonyl (C=O) groups excluding carboxylic acids is 2. The highest BCUT2D eigenvalue weighted by molar-refractivity contribution is 6.05. The monoisotopic (exact) mass is 294 g/mol. The summed E-state index contributed by atoms with van der Waals surface area (Å²) in [5.74, 6) is -1.76. The van der Waals surface area contributed by atoms with Crippen molar-refractivity contribution in [1.29, 1.82) is 0 Å². The van der Waals surface area contributed by atoms with Crippen LogP contribution in [-0.4, -0.2) is 28.9 Å². The van der Waals surface area contributed by atoms with E-state index in [0.717, 1.165) is 6.07 Å². The molecule has 1 aliphatic carbocycles. The first-order valence-corrected chi connectivity index (χ1v) is 6.98. The van der Waals surface area contributed by atoms with Crippen LogP contribution >= 0.6 is 0 Å². The normalized spacial score (nSPS) is 28.2. The van der Waals surface area contributed by atoms with Crippen LogP contribution < -0.4 is 5.32 Å². The molecule has 1 aromatic carbocycles. The number of benzene rings is 1. The Hall–Kier alpha value is -1.98. The number of halogens is 2. The van der Waals surface area contributed by atoms with Gasteiger partial charge in [0.2, 0.25) is 0 Å². The van der Waals surface area contributed by atoms with Crippen LogP contribution in [0.4, 0.5) is 13.6 Å². The van der Waals surface area contributed by atoms with Gasteiger partial charge in [-0.15, -0.1) is 0 Å². The van der Waals surface area contributed by atoms with Crippen molar-refractivity contribution < 1.29 is 18.4 Å². The topological polar surface area (TPSA) is 49.4 Å². The van der Waals surface area contributed by atoms with Crippen LogP contribution in [-0.2, 0) is 4.79 Å². The van der Waals surface area contributed by atoms with E-state index in [4.69, 9.17) is 0 Å². The third kappa shape index (κ3) is 2.28. The molecular formula is C15H16F2N2O2. The van der Waals surface area contributed by atoms with E-state index in [2.05, 4.69) is 5.32 Å². The number of carbonyl (C=O) groups is 2. The van der Waals surface area contributed by atoms with E-state index in [1.807, 2.05) is 13.8 Å². The molecule has 1 aliphatic heterocycles. The van der Waals surface area contributed by atoms with Gasteiger partial charge >= 0.3 is 6.03 Å². The maximum Gasteiger partial charge on any atom is 0.325 e. The standard InChI is InChI=1S/C15H16F2N2O2/c1-7(2)13-14(20)19(15(21)18-13)12-6-10(12)9-4-3-8(16)5-11(9)17/h3-5,7,10,12-13H,6H2,1-2H3,(H,18,21)/t10-,12-,13-/m0/s1. The minimum Gasteiger partial charge on any atom is -0.326 e. The fourth-order valence-electron chi connectivity index (χ4n) is 2.88. The molecule has 0 unspecified atom stereocenters. The zero-order valence-electron chi connectivity index (χ0n) is 11.8. The molecule has 2 fully saturated rings. The molecule has 3 amide bonds. The summed E-state index contributed by atoms with van der Waals surface area (Å²) in [5.41, 5.74) is 0.356. The molecule has 1 aromatic rings. The van der Waals surface area contributed by atoms with Gasteiger partial charge in [0, 0.05) is 18.0 Å². The van der Waals surface area contributed by atoms with Crippen LogP contribution in [0, 0.1) is 17.6 Å². The Morgan fingerprint density at radius 2 is 2.00 bits per heavy atom. The molecule has 4 nitrogen and oxygen atoms in total. The van der Waals surface area contributed by atoms with E-state index in [1.54, 1.807) is 0 Å². The lowest BCUT2D eigenvalue weighted by Crippen LogP contribution is -2.36. The lowest BCUT2D eigenvalue weighted by Gasteiger charge is -2.14. The second kappa shape index (κ2) is 4.79. The van der Waals surface area contributed by atoms with E-state index in [0.29, 0.717) is 12.0 Å². The molecule has 0 radical (unpaired) electrons. The van der Waals surface area contributed by atoms with E-state index in [-0.39, 0.29) is 23.8 Å². The SMILES string of the molecule is CC(C)[C@@H]1NC(=O)N([C@H]2C[C@H]2c2ccc(F)cc2F)C1=O. The van der Waals surface area contributed by atoms with Crippen molar-refractivity contribution in [2.24, 2.45) is 5.92 Å². The lowest BCUT2D eigenvalue weighted by atomic mass is 10.0. The summed E-state index contributed by atoms with van der Waals surface area (Å²) in [6.45, 7) is 3.72. The molecule has 1 saturated carbocycles. The molecule has 0 spiro atoms. The third-order valence-electron chi connectivity index (χ3n) is 4.12. The third-order valence-corrected chi connectivity index (χ3v) is 4.12. The molecule has 1 heterocycles. The number of imide groups is 1. The molecule has 3 atom stereocenters. The first-order chi connectivity index (χ1) is 9.90. The number of rotatable bonds is 3. The van der Waals surface area contributed by atoms with Crippen molar-refractivity contribution >= 4 is 11.9 Å². The number of hydrogen-bond acceptors (Lipinski definition) is 2.